The van der Waals surface area contributed by atoms with Crippen LogP contribution >= 0.6 is 0 Å². The highest BCUT2D eigenvalue weighted by atomic mass is 16.1. The Labute approximate surface area is 84.3 Å². The standard InChI is InChI=1S/C10H11NO.C2H6/c1-3-5-8-6-7-10(12)11-9(8)4-2;1-2/h3-7H,1H2,2H3,(H,11,12);1-2H3/b8-5-,9-4+;. The van der Waals surface area contributed by atoms with Crippen molar-refractivity contribution in [1.82, 2.24) is 4.98 Å². The molecule has 2 heteroatoms. The van der Waals surface area contributed by atoms with E-state index in [2.05, 4.69) is 11.6 Å². The zero-order chi connectivity index (χ0) is 11.0. The fourth-order valence-electron chi connectivity index (χ4n) is 1.01. The van der Waals surface area contributed by atoms with Crippen molar-refractivity contribution in [2.75, 3.05) is 0 Å². The quantitative estimate of drug-likeness (QED) is 0.710. The number of nitrogens with one attached hydrogen (secondary N) is 1. The van der Waals surface area contributed by atoms with Gasteiger partial charge in [0.1, 0.15) is 0 Å². The van der Waals surface area contributed by atoms with Gasteiger partial charge in [0.25, 0.3) is 0 Å². The molecule has 0 bridgehead atoms. The molecule has 14 heavy (non-hydrogen) atoms. The highest BCUT2D eigenvalue weighted by Gasteiger charge is 1.83. The summed E-state index contributed by atoms with van der Waals surface area (Å²) >= 11 is 0. The van der Waals surface area contributed by atoms with Gasteiger partial charge in [0.15, 0.2) is 0 Å². The number of pyridine rings is 1. The summed E-state index contributed by atoms with van der Waals surface area (Å²) in [6.45, 7) is 9.47. The van der Waals surface area contributed by atoms with E-state index in [4.69, 9.17) is 0 Å². The van der Waals surface area contributed by atoms with E-state index < -0.39 is 0 Å². The number of aromatic nitrogens is 1. The second-order valence-corrected chi connectivity index (χ2v) is 2.38. The fraction of sp³-hybridized carbons (Fsp3) is 0.250. The molecule has 0 aliphatic heterocycles. The topological polar surface area (TPSA) is 32.9 Å². The predicted molar refractivity (Wildman–Crippen MR) is 62.5 cm³/mol. The molecular weight excluding hydrogens is 174 g/mol. The Hall–Kier alpha value is -1.57. The average molecular weight is 191 g/mol. The minimum absolute atomic E-state index is 0.0793. The van der Waals surface area contributed by atoms with E-state index >= 15 is 0 Å². The first-order chi connectivity index (χ1) is 6.77. The number of allylic oxidation sites excluding steroid dienone is 1. The smallest absolute Gasteiger partial charge is 0.248 e. The van der Waals surface area contributed by atoms with Gasteiger partial charge in [-0.15, -0.1) is 0 Å². The van der Waals surface area contributed by atoms with Crippen LogP contribution in [0.1, 0.15) is 20.8 Å². The van der Waals surface area contributed by atoms with E-state index in [1.165, 1.54) is 6.07 Å². The van der Waals surface area contributed by atoms with Crippen molar-refractivity contribution in [3.8, 4) is 0 Å². The van der Waals surface area contributed by atoms with Crippen molar-refractivity contribution in [1.29, 1.82) is 0 Å². The molecule has 0 atom stereocenters. The minimum atomic E-state index is -0.0793. The lowest BCUT2D eigenvalue weighted by atomic mass is 10.3. The molecule has 0 spiro atoms. The molecule has 1 heterocycles. The predicted octanol–water partition coefficient (Wildman–Crippen LogP) is 1.17. The zero-order valence-electron chi connectivity index (χ0n) is 9.00. The maximum atomic E-state index is 10.9. The molecule has 0 saturated carbocycles. The number of rotatable bonds is 1. The maximum absolute atomic E-state index is 10.9. The molecule has 0 fully saturated rings. The first-order valence-corrected chi connectivity index (χ1v) is 4.76. The molecular formula is C12H17NO. The summed E-state index contributed by atoms with van der Waals surface area (Å²) in [5.74, 6) is 0. The number of hydrogen-bond acceptors (Lipinski definition) is 1. The Morgan fingerprint density at radius 2 is 2.00 bits per heavy atom. The third-order valence-corrected chi connectivity index (χ3v) is 1.57. The van der Waals surface area contributed by atoms with Crippen LogP contribution in [0.3, 0.4) is 0 Å². The summed E-state index contributed by atoms with van der Waals surface area (Å²) in [7, 11) is 0. The normalized spacial score (nSPS) is 11.9. The van der Waals surface area contributed by atoms with Crippen molar-refractivity contribution < 1.29 is 0 Å². The van der Waals surface area contributed by atoms with Gasteiger partial charge in [-0.3, -0.25) is 4.79 Å². The molecule has 1 aromatic rings. The molecule has 1 rings (SSSR count). The molecule has 1 aromatic heterocycles. The highest BCUT2D eigenvalue weighted by molar-refractivity contribution is 5.36. The first-order valence-electron chi connectivity index (χ1n) is 4.76. The Kier molecular flexibility index (Phi) is 6.12. The van der Waals surface area contributed by atoms with Gasteiger partial charge in [0.05, 0.1) is 0 Å². The van der Waals surface area contributed by atoms with Gasteiger partial charge in [-0.05, 0) is 18.2 Å². The Balaban J connectivity index is 0.000000791. The van der Waals surface area contributed by atoms with Gasteiger partial charge in [0.2, 0.25) is 5.56 Å². The van der Waals surface area contributed by atoms with E-state index in [0.717, 1.165) is 10.6 Å². The SMILES string of the molecule is C=C/C=c1/ccc(=O)[nH]/c1=C/C.CC. The second kappa shape index (κ2) is 6.89. The van der Waals surface area contributed by atoms with Crippen LogP contribution in [-0.2, 0) is 0 Å². The lowest BCUT2D eigenvalue weighted by Crippen LogP contribution is -2.32. The number of hydrogen-bond donors (Lipinski definition) is 1. The molecule has 0 aliphatic carbocycles. The van der Waals surface area contributed by atoms with Crippen LogP contribution in [0.25, 0.3) is 12.2 Å². The Morgan fingerprint density at radius 1 is 1.36 bits per heavy atom. The Bertz CT molecular complexity index is 440. The molecule has 2 nitrogen and oxygen atoms in total. The van der Waals surface area contributed by atoms with E-state index in [-0.39, 0.29) is 5.56 Å². The summed E-state index contributed by atoms with van der Waals surface area (Å²) in [5, 5.41) is 1.81. The van der Waals surface area contributed by atoms with Gasteiger partial charge in [0, 0.05) is 11.4 Å². The summed E-state index contributed by atoms with van der Waals surface area (Å²) in [5.41, 5.74) is -0.0793. The molecule has 0 aliphatic rings. The molecule has 1 N–H and O–H groups in total. The monoisotopic (exact) mass is 191 g/mol. The second-order valence-electron chi connectivity index (χ2n) is 2.38. The van der Waals surface area contributed by atoms with Gasteiger partial charge in [-0.25, -0.2) is 0 Å². The van der Waals surface area contributed by atoms with Crippen LogP contribution in [-0.4, -0.2) is 4.98 Å². The largest absolute Gasteiger partial charge is 0.322 e. The Morgan fingerprint density at radius 3 is 2.50 bits per heavy atom. The van der Waals surface area contributed by atoms with Crippen molar-refractivity contribution in [3.63, 3.8) is 0 Å². The molecule has 0 aromatic carbocycles. The highest BCUT2D eigenvalue weighted by Crippen LogP contribution is 1.64. The number of aromatic amines is 1. The lowest BCUT2D eigenvalue weighted by Gasteiger charge is -1.87. The van der Waals surface area contributed by atoms with Crippen LogP contribution < -0.4 is 16.1 Å². The van der Waals surface area contributed by atoms with Crippen molar-refractivity contribution in [3.05, 3.63) is 45.7 Å². The maximum Gasteiger partial charge on any atom is 0.248 e. The van der Waals surface area contributed by atoms with E-state index in [1.54, 1.807) is 12.1 Å². The average Bonchev–Trinajstić information content (AvgIpc) is 2.24. The van der Waals surface area contributed by atoms with Crippen molar-refractivity contribution in [2.45, 2.75) is 20.8 Å². The molecule has 0 radical (unpaired) electrons. The summed E-state index contributed by atoms with van der Waals surface area (Å²) in [6.07, 6.45) is 5.41. The van der Waals surface area contributed by atoms with Crippen molar-refractivity contribution in [2.24, 2.45) is 0 Å². The van der Waals surface area contributed by atoms with Gasteiger partial charge < -0.3 is 4.98 Å². The number of H-pyrrole nitrogens is 1. The van der Waals surface area contributed by atoms with E-state index in [9.17, 15) is 4.79 Å². The van der Waals surface area contributed by atoms with Gasteiger partial charge >= 0.3 is 0 Å². The van der Waals surface area contributed by atoms with Crippen LogP contribution in [0.4, 0.5) is 0 Å². The molecule has 0 unspecified atom stereocenters. The summed E-state index contributed by atoms with van der Waals surface area (Å²) in [6, 6.07) is 3.28. The van der Waals surface area contributed by atoms with E-state index in [0.29, 0.717) is 0 Å². The van der Waals surface area contributed by atoms with Gasteiger partial charge in [-0.1, -0.05) is 38.7 Å². The molecule has 0 amide bonds. The van der Waals surface area contributed by atoms with Crippen LogP contribution in [0, 0.1) is 0 Å². The fourth-order valence-corrected chi connectivity index (χ4v) is 1.01. The van der Waals surface area contributed by atoms with Crippen LogP contribution in [0.15, 0.2) is 29.6 Å². The zero-order valence-corrected chi connectivity index (χ0v) is 9.00. The minimum Gasteiger partial charge on any atom is -0.322 e. The third kappa shape index (κ3) is 3.44. The third-order valence-electron chi connectivity index (χ3n) is 1.57. The molecule has 76 valence electrons. The van der Waals surface area contributed by atoms with Crippen LogP contribution in [0.2, 0.25) is 0 Å². The summed E-state index contributed by atoms with van der Waals surface area (Å²) < 4.78 is 0. The summed E-state index contributed by atoms with van der Waals surface area (Å²) in [4.78, 5) is 13.6. The van der Waals surface area contributed by atoms with Gasteiger partial charge in [-0.2, -0.15) is 0 Å². The lowest BCUT2D eigenvalue weighted by molar-refractivity contribution is 1.15. The van der Waals surface area contributed by atoms with Crippen molar-refractivity contribution >= 4 is 12.2 Å². The van der Waals surface area contributed by atoms with Crippen LogP contribution in [0.5, 0.6) is 0 Å². The molecule has 0 saturated heterocycles. The first kappa shape index (κ1) is 12.4. The van der Waals surface area contributed by atoms with E-state index in [1.807, 2.05) is 32.9 Å².